The topological polar surface area (TPSA) is 58.7 Å². The Morgan fingerprint density at radius 1 is 1.45 bits per heavy atom. The van der Waals surface area contributed by atoms with Crippen LogP contribution in [0.25, 0.3) is 0 Å². The van der Waals surface area contributed by atoms with Crippen LogP contribution in [0.2, 0.25) is 0 Å². The molecule has 1 fully saturated rings. The van der Waals surface area contributed by atoms with Crippen LogP contribution >= 0.6 is 0 Å². The van der Waals surface area contributed by atoms with Crippen molar-refractivity contribution in [2.75, 3.05) is 13.1 Å². The Hall–Kier alpha value is -1.63. The largest absolute Gasteiger partial charge is 0.396 e. The Bertz CT molecular complexity index is 681. The fourth-order valence-electron chi connectivity index (χ4n) is 4.37. The van der Waals surface area contributed by atoms with Gasteiger partial charge in [-0.05, 0) is 56.1 Å². The fourth-order valence-corrected chi connectivity index (χ4v) is 4.37. The first-order valence-electron chi connectivity index (χ1n) is 10.5. The Morgan fingerprint density at radius 3 is 2.59 bits per heavy atom. The molecule has 1 saturated carbocycles. The van der Waals surface area contributed by atoms with E-state index in [2.05, 4.69) is 18.8 Å². The van der Waals surface area contributed by atoms with E-state index in [-0.39, 0.29) is 29.7 Å². The van der Waals surface area contributed by atoms with Crippen molar-refractivity contribution in [1.82, 2.24) is 4.90 Å². The number of hydrogen-bond donors (Lipinski definition) is 1. The van der Waals surface area contributed by atoms with Gasteiger partial charge in [0.05, 0.1) is 11.3 Å². The molecule has 3 atom stereocenters. The molecule has 2 rings (SSSR count). The van der Waals surface area contributed by atoms with Gasteiger partial charge in [-0.15, -0.1) is 0 Å². The van der Waals surface area contributed by atoms with Crippen molar-refractivity contribution in [3.05, 3.63) is 23.4 Å². The third kappa shape index (κ3) is 5.50. The molecule has 1 amide bonds. The molecular weight excluding hydrogens is 379 g/mol. The molecule has 0 aromatic heterocycles. The SMILES string of the molecule is CCC(/C=N\C=C(/C)C1=CCN(C(=O)[C@@]2(C(C)C)CCC(N)C2)CC1)C(F)(F)F. The monoisotopic (exact) mass is 413 g/mol. The maximum atomic E-state index is 13.3. The number of alkyl halides is 3. The van der Waals surface area contributed by atoms with Gasteiger partial charge in [0.2, 0.25) is 5.91 Å². The van der Waals surface area contributed by atoms with Gasteiger partial charge in [-0.25, -0.2) is 0 Å². The van der Waals surface area contributed by atoms with E-state index in [9.17, 15) is 18.0 Å². The highest BCUT2D eigenvalue weighted by atomic mass is 19.4. The van der Waals surface area contributed by atoms with E-state index in [0.29, 0.717) is 19.5 Å². The number of hydrogen-bond acceptors (Lipinski definition) is 3. The van der Waals surface area contributed by atoms with Crippen molar-refractivity contribution >= 4 is 12.1 Å². The van der Waals surface area contributed by atoms with Gasteiger partial charge in [0.1, 0.15) is 0 Å². The third-order valence-electron chi connectivity index (χ3n) is 6.52. The highest BCUT2D eigenvalue weighted by Gasteiger charge is 2.48. The van der Waals surface area contributed by atoms with Crippen molar-refractivity contribution in [2.45, 2.75) is 72.0 Å². The summed E-state index contributed by atoms with van der Waals surface area (Å²) in [6.45, 7) is 8.67. The average Bonchev–Trinajstić information content (AvgIpc) is 3.06. The summed E-state index contributed by atoms with van der Waals surface area (Å²) in [6, 6.07) is 0.0870. The standard InChI is InChI=1S/C22H34F3N3O/c1-5-18(22(23,24)25)14-27-13-16(4)17-7-10-28(11-8-17)20(29)21(15(2)3)9-6-19(26)12-21/h7,13-15,18-19H,5-6,8-12,26H2,1-4H3/b16-13+,27-14-/t18?,19?,21-/m0/s1. The molecule has 2 unspecified atom stereocenters. The molecule has 0 saturated heterocycles. The predicted octanol–water partition coefficient (Wildman–Crippen LogP) is 4.86. The lowest BCUT2D eigenvalue weighted by Crippen LogP contribution is -2.47. The van der Waals surface area contributed by atoms with Crippen molar-refractivity contribution < 1.29 is 18.0 Å². The predicted molar refractivity (Wildman–Crippen MR) is 110 cm³/mol. The molecular formula is C22H34F3N3O. The summed E-state index contributed by atoms with van der Waals surface area (Å²) in [4.78, 5) is 19.1. The lowest BCUT2D eigenvalue weighted by atomic mass is 9.74. The first kappa shape index (κ1) is 23.6. The summed E-state index contributed by atoms with van der Waals surface area (Å²) in [5.41, 5.74) is 7.61. The first-order valence-corrected chi connectivity index (χ1v) is 10.5. The van der Waals surface area contributed by atoms with Gasteiger partial charge in [-0.1, -0.05) is 26.8 Å². The molecule has 0 radical (unpaired) electrons. The van der Waals surface area contributed by atoms with Crippen molar-refractivity contribution in [3.63, 3.8) is 0 Å². The Morgan fingerprint density at radius 2 is 2.14 bits per heavy atom. The van der Waals surface area contributed by atoms with Crippen LogP contribution in [-0.4, -0.2) is 42.3 Å². The maximum Gasteiger partial charge on any atom is 0.396 e. The van der Waals surface area contributed by atoms with Gasteiger partial charge in [0.15, 0.2) is 0 Å². The summed E-state index contributed by atoms with van der Waals surface area (Å²) >= 11 is 0. The molecule has 164 valence electrons. The van der Waals surface area contributed by atoms with Crippen LogP contribution in [0.15, 0.2) is 28.4 Å². The quantitative estimate of drug-likeness (QED) is 0.632. The summed E-state index contributed by atoms with van der Waals surface area (Å²) in [6.07, 6.45) is 3.30. The molecule has 1 aliphatic carbocycles. The smallest absolute Gasteiger partial charge is 0.338 e. The lowest BCUT2D eigenvalue weighted by Gasteiger charge is -2.38. The van der Waals surface area contributed by atoms with Crippen LogP contribution in [0.5, 0.6) is 0 Å². The second-order valence-electron chi connectivity index (χ2n) is 8.71. The van der Waals surface area contributed by atoms with E-state index in [1.807, 2.05) is 17.9 Å². The Balaban J connectivity index is 2.03. The molecule has 0 spiro atoms. The van der Waals surface area contributed by atoms with E-state index >= 15 is 0 Å². The van der Waals surface area contributed by atoms with Gasteiger partial charge in [-0.3, -0.25) is 9.79 Å². The highest BCUT2D eigenvalue weighted by molar-refractivity contribution is 5.84. The van der Waals surface area contributed by atoms with Gasteiger partial charge in [-0.2, -0.15) is 13.2 Å². The van der Waals surface area contributed by atoms with Crippen molar-refractivity contribution in [1.29, 1.82) is 0 Å². The van der Waals surface area contributed by atoms with Gasteiger partial charge >= 0.3 is 6.18 Å². The van der Waals surface area contributed by atoms with Crippen LogP contribution in [0.3, 0.4) is 0 Å². The molecule has 1 aliphatic heterocycles. The van der Waals surface area contributed by atoms with E-state index in [4.69, 9.17) is 5.73 Å². The summed E-state index contributed by atoms with van der Waals surface area (Å²) < 4.78 is 38.4. The highest BCUT2D eigenvalue weighted by Crippen LogP contribution is 2.45. The van der Waals surface area contributed by atoms with E-state index in [1.165, 1.54) is 13.1 Å². The second-order valence-corrected chi connectivity index (χ2v) is 8.71. The zero-order chi connectivity index (χ0) is 21.8. The Labute approximate surface area is 172 Å². The minimum Gasteiger partial charge on any atom is -0.338 e. The van der Waals surface area contributed by atoms with Crippen LogP contribution in [0.1, 0.15) is 59.8 Å². The fraction of sp³-hybridized carbons (Fsp3) is 0.727. The van der Waals surface area contributed by atoms with Crippen molar-refractivity contribution in [3.8, 4) is 0 Å². The maximum absolute atomic E-state index is 13.3. The van der Waals surface area contributed by atoms with Crippen LogP contribution in [-0.2, 0) is 4.79 Å². The number of nitrogens with two attached hydrogens (primary N) is 1. The molecule has 1 heterocycles. The molecule has 29 heavy (non-hydrogen) atoms. The molecule has 0 bridgehead atoms. The number of amides is 1. The van der Waals surface area contributed by atoms with Crippen molar-refractivity contribution in [2.24, 2.45) is 28.0 Å². The summed E-state index contributed by atoms with van der Waals surface area (Å²) in [5.74, 6) is -1.10. The number of allylic oxidation sites excluding steroid dienone is 1. The zero-order valence-electron chi connectivity index (χ0n) is 17.9. The molecule has 2 N–H and O–H groups in total. The number of halogens is 3. The number of nitrogens with zero attached hydrogens (tertiary/aromatic N) is 2. The number of carbonyl (C=O) groups excluding carboxylic acids is 1. The number of aliphatic imine (C=N–C) groups is 1. The van der Waals surface area contributed by atoms with Crippen LogP contribution < -0.4 is 5.73 Å². The number of carbonyl (C=O) groups is 1. The second kappa shape index (κ2) is 9.45. The molecule has 7 heteroatoms. The van der Waals surface area contributed by atoms with E-state index in [1.54, 1.807) is 0 Å². The van der Waals surface area contributed by atoms with E-state index < -0.39 is 12.1 Å². The first-order chi connectivity index (χ1) is 13.5. The van der Waals surface area contributed by atoms with Crippen LogP contribution in [0, 0.1) is 17.3 Å². The molecule has 0 aromatic rings. The lowest BCUT2D eigenvalue weighted by molar-refractivity contribution is -0.154. The number of rotatable bonds is 6. The third-order valence-corrected chi connectivity index (χ3v) is 6.52. The van der Waals surface area contributed by atoms with Gasteiger partial charge in [0, 0.05) is 31.5 Å². The normalized spacial score (nSPS) is 27.6. The molecule has 4 nitrogen and oxygen atoms in total. The van der Waals surface area contributed by atoms with Gasteiger partial charge in [0.25, 0.3) is 0 Å². The van der Waals surface area contributed by atoms with Gasteiger partial charge < -0.3 is 10.6 Å². The minimum atomic E-state index is -4.26. The zero-order valence-corrected chi connectivity index (χ0v) is 17.9. The van der Waals surface area contributed by atoms with Crippen LogP contribution in [0.4, 0.5) is 13.2 Å². The molecule has 2 aliphatic rings. The molecule has 0 aromatic carbocycles. The average molecular weight is 414 g/mol. The minimum absolute atomic E-state index is 0.0269. The van der Waals surface area contributed by atoms with E-state index in [0.717, 1.165) is 36.6 Å². The summed E-state index contributed by atoms with van der Waals surface area (Å²) in [7, 11) is 0. The Kier molecular flexibility index (Phi) is 7.71. The summed E-state index contributed by atoms with van der Waals surface area (Å²) in [5, 5.41) is 0.